The van der Waals surface area contributed by atoms with Crippen LogP contribution in [0, 0.1) is 11.3 Å². The molecule has 1 fully saturated rings. The van der Waals surface area contributed by atoms with Gasteiger partial charge in [-0.3, -0.25) is 10.2 Å². The fourth-order valence-corrected chi connectivity index (χ4v) is 4.73. The molecule has 0 bridgehead atoms. The lowest BCUT2D eigenvalue weighted by Gasteiger charge is -2.28. The van der Waals surface area contributed by atoms with Crippen molar-refractivity contribution in [2.75, 3.05) is 13.1 Å². The van der Waals surface area contributed by atoms with Crippen LogP contribution in [-0.4, -0.2) is 44.7 Å². The first-order valence-electron chi connectivity index (χ1n) is 11.6. The van der Waals surface area contributed by atoms with Gasteiger partial charge in [-0.25, -0.2) is 4.98 Å². The van der Waals surface area contributed by atoms with E-state index in [1.165, 1.54) is 0 Å². The molecule has 33 heavy (non-hydrogen) atoms. The summed E-state index contributed by atoms with van der Waals surface area (Å²) in [4.78, 5) is 22.7. The lowest BCUT2D eigenvalue weighted by atomic mass is 9.78. The van der Waals surface area contributed by atoms with Crippen LogP contribution in [0.5, 0.6) is 5.75 Å². The Morgan fingerprint density at radius 2 is 1.76 bits per heavy atom. The van der Waals surface area contributed by atoms with Crippen LogP contribution in [0.2, 0.25) is 0 Å². The van der Waals surface area contributed by atoms with Crippen molar-refractivity contribution in [3.05, 3.63) is 47.0 Å². The van der Waals surface area contributed by atoms with Crippen LogP contribution in [0.1, 0.15) is 94.4 Å². The Balaban J connectivity index is 0.00000385. The monoisotopic (exact) mass is 518 g/mol. The van der Waals surface area contributed by atoms with Gasteiger partial charge < -0.3 is 15.0 Å². The number of carbonyl (C=O) groups is 1. The molecule has 1 saturated heterocycles. The van der Waals surface area contributed by atoms with Crippen molar-refractivity contribution in [3.63, 3.8) is 0 Å². The second-order valence-corrected chi connectivity index (χ2v) is 11.1. The van der Waals surface area contributed by atoms with Crippen LogP contribution in [0.25, 0.3) is 0 Å². The Kier molecular flexibility index (Phi) is 8.21. The highest BCUT2D eigenvalue weighted by molar-refractivity contribution is 8.93. The number of Topliss-reactive ketones (excluding diaryl/α,β-unsaturated/α-hetero) is 1. The van der Waals surface area contributed by atoms with Crippen LogP contribution in [0.4, 0.5) is 0 Å². The zero-order valence-corrected chi connectivity index (χ0v) is 22.7. The van der Waals surface area contributed by atoms with Gasteiger partial charge >= 0.3 is 0 Å². The molecule has 2 atom stereocenters. The van der Waals surface area contributed by atoms with E-state index in [0.717, 1.165) is 29.7 Å². The number of nitrogens with zero attached hydrogens (tertiary/aromatic N) is 2. The number of aromatic amines is 1. The topological polar surface area (TPSA) is 93.1 Å². The van der Waals surface area contributed by atoms with Gasteiger partial charge in [-0.15, -0.1) is 17.0 Å². The lowest BCUT2D eigenvalue weighted by Crippen LogP contribution is -2.32. The molecule has 1 aromatic carbocycles. The van der Waals surface area contributed by atoms with Gasteiger partial charge in [0.25, 0.3) is 0 Å². The summed E-state index contributed by atoms with van der Waals surface area (Å²) in [5.74, 6) is 0.965. The average Bonchev–Trinajstić information content (AvgIpc) is 3.29. The molecule has 3 N–H and O–H groups in total. The summed E-state index contributed by atoms with van der Waals surface area (Å²) in [6.07, 6.45) is 5.47. The molecule has 0 radical (unpaired) electrons. The van der Waals surface area contributed by atoms with Gasteiger partial charge in [0.05, 0.1) is 18.8 Å². The second-order valence-electron chi connectivity index (χ2n) is 11.1. The number of amidine groups is 1. The van der Waals surface area contributed by atoms with Crippen molar-refractivity contribution in [3.8, 4) is 5.75 Å². The number of likely N-dealkylation sites (tertiary alicyclic amines) is 1. The van der Waals surface area contributed by atoms with Crippen LogP contribution >= 0.6 is 17.0 Å². The highest BCUT2D eigenvalue weighted by Crippen LogP contribution is 2.40. The summed E-state index contributed by atoms with van der Waals surface area (Å²) in [6, 6.07) is 3.67. The number of phenols is 1. The summed E-state index contributed by atoms with van der Waals surface area (Å²) >= 11 is 0. The lowest BCUT2D eigenvalue weighted by molar-refractivity contribution is 0.0963. The molecule has 1 aromatic heterocycles. The average molecular weight is 520 g/mol. The van der Waals surface area contributed by atoms with E-state index in [9.17, 15) is 9.90 Å². The Morgan fingerprint density at radius 1 is 1.18 bits per heavy atom. The summed E-state index contributed by atoms with van der Waals surface area (Å²) in [7, 11) is 0. The number of hydrogen-bond donors (Lipinski definition) is 3. The molecule has 1 aliphatic heterocycles. The molecule has 0 amide bonds. The number of hydrogen-bond acceptors (Lipinski definition) is 4. The van der Waals surface area contributed by atoms with Crippen molar-refractivity contribution in [1.82, 2.24) is 14.9 Å². The molecule has 3 rings (SSSR count). The van der Waals surface area contributed by atoms with Crippen molar-refractivity contribution in [1.29, 1.82) is 5.41 Å². The van der Waals surface area contributed by atoms with Crippen LogP contribution in [-0.2, 0) is 10.8 Å². The fraction of sp³-hybridized carbons (Fsp3) is 0.577. The van der Waals surface area contributed by atoms with Crippen LogP contribution in [0.15, 0.2) is 24.7 Å². The van der Waals surface area contributed by atoms with Gasteiger partial charge in [0.2, 0.25) is 0 Å². The molecule has 6 nitrogen and oxygen atoms in total. The van der Waals surface area contributed by atoms with E-state index in [4.69, 9.17) is 5.41 Å². The predicted octanol–water partition coefficient (Wildman–Crippen LogP) is 5.96. The Labute approximate surface area is 208 Å². The van der Waals surface area contributed by atoms with Gasteiger partial charge in [0.1, 0.15) is 11.6 Å². The Bertz CT molecular complexity index is 952. The van der Waals surface area contributed by atoms with E-state index in [0.29, 0.717) is 17.9 Å². The van der Waals surface area contributed by atoms with Crippen molar-refractivity contribution >= 4 is 28.6 Å². The number of ketones is 1. The number of H-pyrrole nitrogens is 1. The molecular formula is C26H39BrN4O2. The minimum absolute atomic E-state index is 0. The third-order valence-electron chi connectivity index (χ3n) is 6.46. The maximum atomic E-state index is 13.4. The number of aromatic hydroxyl groups is 1. The molecule has 7 heteroatoms. The molecule has 182 valence electrons. The van der Waals surface area contributed by atoms with Crippen LogP contribution in [0.3, 0.4) is 0 Å². The van der Waals surface area contributed by atoms with Gasteiger partial charge in [-0.2, -0.15) is 0 Å². The first-order chi connectivity index (χ1) is 14.8. The highest BCUT2D eigenvalue weighted by Gasteiger charge is 2.39. The van der Waals surface area contributed by atoms with E-state index >= 15 is 0 Å². The number of rotatable bonds is 6. The van der Waals surface area contributed by atoms with Crippen molar-refractivity contribution in [2.45, 2.75) is 78.1 Å². The summed E-state index contributed by atoms with van der Waals surface area (Å²) in [5.41, 5.74) is 2.52. The van der Waals surface area contributed by atoms with Crippen molar-refractivity contribution in [2.24, 2.45) is 5.92 Å². The van der Waals surface area contributed by atoms with E-state index < -0.39 is 0 Å². The quantitative estimate of drug-likeness (QED) is 0.411. The zero-order valence-electron chi connectivity index (χ0n) is 21.0. The van der Waals surface area contributed by atoms with Crippen LogP contribution < -0.4 is 0 Å². The van der Waals surface area contributed by atoms with E-state index in [1.807, 2.05) is 58.6 Å². The minimum atomic E-state index is -0.293. The van der Waals surface area contributed by atoms with Gasteiger partial charge in [-0.1, -0.05) is 54.9 Å². The SMILES string of the molecule is Br.CCCC1CN(CC(=O)c2cc(C(C)(C)C)c(O)c(C(C)(C)C)c2)C(=N)C1c1cnc[nH]1. The number of imidazole rings is 1. The highest BCUT2D eigenvalue weighted by atomic mass is 79.9. The van der Waals surface area contributed by atoms with Gasteiger partial charge in [0.15, 0.2) is 5.78 Å². The maximum absolute atomic E-state index is 13.4. The molecule has 2 aromatic rings. The number of benzene rings is 1. The maximum Gasteiger partial charge on any atom is 0.182 e. The number of halogens is 1. The van der Waals surface area contributed by atoms with Crippen molar-refractivity contribution < 1.29 is 9.90 Å². The molecule has 0 saturated carbocycles. The Morgan fingerprint density at radius 3 is 2.21 bits per heavy atom. The third-order valence-corrected chi connectivity index (χ3v) is 6.46. The smallest absolute Gasteiger partial charge is 0.182 e. The van der Waals surface area contributed by atoms with E-state index in [-0.39, 0.29) is 57.7 Å². The molecule has 2 unspecified atom stereocenters. The number of nitrogens with one attached hydrogen (secondary N) is 2. The third kappa shape index (κ3) is 5.68. The fourth-order valence-electron chi connectivity index (χ4n) is 4.73. The largest absolute Gasteiger partial charge is 0.507 e. The van der Waals surface area contributed by atoms with E-state index in [1.54, 1.807) is 12.5 Å². The zero-order chi connectivity index (χ0) is 23.8. The predicted molar refractivity (Wildman–Crippen MR) is 139 cm³/mol. The molecular weight excluding hydrogens is 480 g/mol. The molecule has 1 aliphatic rings. The van der Waals surface area contributed by atoms with Gasteiger partial charge in [0, 0.05) is 35.1 Å². The Hall–Kier alpha value is -2.15. The standard InChI is InChI=1S/C26H38N4O2.BrH/c1-8-9-16-13-30(24(27)22(16)20-12-28-15-29-20)14-21(31)17-10-18(25(2,3)4)23(32)19(11-17)26(5,6)7;/h10-12,15-16,22,27,32H,8-9,13-14H2,1-7H3,(H,28,29);1H. The molecule has 0 aliphatic carbocycles. The summed E-state index contributed by atoms with van der Waals surface area (Å²) < 4.78 is 0. The number of phenolic OH excluding ortho intramolecular Hbond substituents is 1. The van der Waals surface area contributed by atoms with Gasteiger partial charge in [-0.05, 0) is 35.3 Å². The minimum Gasteiger partial charge on any atom is -0.507 e. The summed E-state index contributed by atoms with van der Waals surface area (Å²) in [6.45, 7) is 15.3. The molecule has 2 heterocycles. The van der Waals surface area contributed by atoms with E-state index in [2.05, 4.69) is 16.9 Å². The summed E-state index contributed by atoms with van der Waals surface area (Å²) in [5, 5.41) is 19.8. The first-order valence-corrected chi connectivity index (χ1v) is 11.6. The second kappa shape index (κ2) is 10.00. The first kappa shape index (κ1) is 27.1. The molecule has 0 spiro atoms. The number of carbonyl (C=O) groups excluding carboxylic acids is 1. The number of aromatic nitrogens is 2. The normalized spacial score (nSPS) is 19.0.